The summed E-state index contributed by atoms with van der Waals surface area (Å²) in [5.41, 5.74) is 1.83. The lowest BCUT2D eigenvalue weighted by Gasteiger charge is -2.06. The van der Waals surface area contributed by atoms with Gasteiger partial charge < -0.3 is 14.7 Å². The van der Waals surface area contributed by atoms with Crippen molar-refractivity contribution in [3.8, 4) is 23.8 Å². The summed E-state index contributed by atoms with van der Waals surface area (Å²) >= 11 is 1.19. The van der Waals surface area contributed by atoms with Gasteiger partial charge in [-0.1, -0.05) is 35.9 Å². The van der Waals surface area contributed by atoms with Crippen LogP contribution in [0.1, 0.15) is 6.92 Å². The van der Waals surface area contributed by atoms with Gasteiger partial charge in [-0.05, 0) is 13.0 Å². The third-order valence-electron chi connectivity index (χ3n) is 3.24. The van der Waals surface area contributed by atoms with Crippen LogP contribution < -0.4 is 5.32 Å². The number of carbonyl (C=O) groups excluding carboxylic acids is 1. The van der Waals surface area contributed by atoms with E-state index in [-0.39, 0.29) is 17.7 Å². The predicted molar refractivity (Wildman–Crippen MR) is 88.8 cm³/mol. The number of hydrogen-bond acceptors (Lipinski definition) is 5. The van der Waals surface area contributed by atoms with Gasteiger partial charge in [0.05, 0.1) is 17.4 Å². The molecule has 0 spiro atoms. The summed E-state index contributed by atoms with van der Waals surface area (Å²) in [5, 5.41) is 11.6. The third-order valence-corrected chi connectivity index (χ3v) is 4.17. The second kappa shape index (κ2) is 6.58. The van der Waals surface area contributed by atoms with E-state index in [0.29, 0.717) is 11.1 Å². The van der Waals surface area contributed by atoms with Crippen molar-refractivity contribution in [3.63, 3.8) is 0 Å². The zero-order chi connectivity index (χ0) is 16.2. The van der Waals surface area contributed by atoms with E-state index < -0.39 is 0 Å². The number of thioether (sulfide) groups is 1. The monoisotopic (exact) mass is 326 g/mol. The van der Waals surface area contributed by atoms with E-state index in [1.54, 1.807) is 6.92 Å². The first-order valence-corrected chi connectivity index (χ1v) is 7.85. The number of terminal acetylenes is 1. The number of benzene rings is 1. The molecule has 0 fully saturated rings. The van der Waals surface area contributed by atoms with Crippen LogP contribution in [0, 0.1) is 12.3 Å². The average Bonchev–Trinajstić information content (AvgIpc) is 3.18. The largest absolute Gasteiger partial charge is 0.411 e. The SMILES string of the molecule is C#CCNC(=O)C(C)Sc1nnc(-c2c[nH]c3ccccc23)o1. The fourth-order valence-corrected chi connectivity index (χ4v) is 2.81. The lowest BCUT2D eigenvalue weighted by atomic mass is 10.2. The van der Waals surface area contributed by atoms with Crippen LogP contribution in [0.2, 0.25) is 0 Å². The Balaban J connectivity index is 1.76. The number of carbonyl (C=O) groups is 1. The standard InChI is InChI=1S/C16H14N4O2S/c1-3-8-17-14(21)10(2)23-16-20-19-15(22-16)12-9-18-13-7-5-4-6-11(12)13/h1,4-7,9-10,18H,8H2,2H3,(H,17,21). The van der Waals surface area contributed by atoms with Crippen molar-refractivity contribution in [3.05, 3.63) is 30.5 Å². The molecule has 0 aliphatic rings. The first-order valence-electron chi connectivity index (χ1n) is 6.97. The minimum absolute atomic E-state index is 0.167. The number of rotatable bonds is 5. The smallest absolute Gasteiger partial charge is 0.277 e. The van der Waals surface area contributed by atoms with Crippen molar-refractivity contribution < 1.29 is 9.21 Å². The maximum atomic E-state index is 11.8. The van der Waals surface area contributed by atoms with Crippen LogP contribution >= 0.6 is 11.8 Å². The molecule has 23 heavy (non-hydrogen) atoms. The van der Waals surface area contributed by atoms with Crippen LogP contribution in [-0.4, -0.2) is 32.9 Å². The van der Waals surface area contributed by atoms with Crippen LogP contribution in [0.5, 0.6) is 0 Å². The molecule has 2 heterocycles. The zero-order valence-electron chi connectivity index (χ0n) is 12.4. The highest BCUT2D eigenvalue weighted by Gasteiger charge is 2.19. The summed E-state index contributed by atoms with van der Waals surface area (Å²) in [6.07, 6.45) is 6.95. The zero-order valence-corrected chi connectivity index (χ0v) is 13.2. The minimum Gasteiger partial charge on any atom is -0.411 e. The number of hydrogen-bond donors (Lipinski definition) is 2. The van der Waals surface area contributed by atoms with Crippen molar-refractivity contribution in [2.24, 2.45) is 0 Å². The molecule has 0 saturated heterocycles. The maximum Gasteiger partial charge on any atom is 0.277 e. The Morgan fingerprint density at radius 1 is 1.48 bits per heavy atom. The van der Waals surface area contributed by atoms with Gasteiger partial charge in [0.25, 0.3) is 11.1 Å². The Hall–Kier alpha value is -2.72. The highest BCUT2D eigenvalue weighted by atomic mass is 32.2. The van der Waals surface area contributed by atoms with Gasteiger partial charge in [0.2, 0.25) is 5.91 Å². The Morgan fingerprint density at radius 3 is 3.13 bits per heavy atom. The van der Waals surface area contributed by atoms with Gasteiger partial charge in [0.1, 0.15) is 0 Å². The molecule has 7 heteroatoms. The molecule has 0 radical (unpaired) electrons. The first kappa shape index (κ1) is 15.2. The van der Waals surface area contributed by atoms with Crippen molar-refractivity contribution in [1.29, 1.82) is 0 Å². The molecule has 1 unspecified atom stereocenters. The topological polar surface area (TPSA) is 83.8 Å². The maximum absolute atomic E-state index is 11.8. The molecular formula is C16H14N4O2S. The fourth-order valence-electron chi connectivity index (χ4n) is 2.10. The number of fused-ring (bicyclic) bond motifs is 1. The van der Waals surface area contributed by atoms with Crippen LogP contribution in [0.15, 0.2) is 40.1 Å². The first-order chi connectivity index (χ1) is 11.2. The predicted octanol–water partition coefficient (Wildman–Crippen LogP) is 2.45. The molecular weight excluding hydrogens is 312 g/mol. The highest BCUT2D eigenvalue weighted by Crippen LogP contribution is 2.30. The number of H-pyrrole nitrogens is 1. The van der Waals surface area contributed by atoms with Gasteiger partial charge in [0.15, 0.2) is 0 Å². The van der Waals surface area contributed by atoms with E-state index in [4.69, 9.17) is 10.8 Å². The molecule has 2 N–H and O–H groups in total. The number of aromatic amines is 1. The van der Waals surface area contributed by atoms with E-state index in [1.165, 1.54) is 11.8 Å². The normalized spacial score (nSPS) is 12.0. The lowest BCUT2D eigenvalue weighted by molar-refractivity contribution is -0.120. The molecule has 3 rings (SSSR count). The summed E-state index contributed by atoms with van der Waals surface area (Å²) < 4.78 is 5.66. The Morgan fingerprint density at radius 2 is 2.30 bits per heavy atom. The molecule has 0 bridgehead atoms. The Labute approximate surface area is 137 Å². The minimum atomic E-state index is -0.375. The van der Waals surface area contributed by atoms with Crippen LogP contribution in [-0.2, 0) is 4.79 Å². The van der Waals surface area contributed by atoms with E-state index >= 15 is 0 Å². The lowest BCUT2D eigenvalue weighted by Crippen LogP contribution is -2.31. The fraction of sp³-hybridized carbons (Fsp3) is 0.188. The molecule has 2 aromatic heterocycles. The van der Waals surface area contributed by atoms with Gasteiger partial charge in [-0.25, -0.2) is 0 Å². The highest BCUT2D eigenvalue weighted by molar-refractivity contribution is 8.00. The number of nitrogens with one attached hydrogen (secondary N) is 2. The summed E-state index contributed by atoms with van der Waals surface area (Å²) in [7, 11) is 0. The number of nitrogens with zero attached hydrogens (tertiary/aromatic N) is 2. The van der Waals surface area contributed by atoms with E-state index in [2.05, 4.69) is 26.4 Å². The van der Waals surface area contributed by atoms with E-state index in [9.17, 15) is 4.79 Å². The molecule has 3 aromatic rings. The Bertz CT molecular complexity index is 877. The second-order valence-corrected chi connectivity index (χ2v) is 6.10. The molecule has 1 amide bonds. The van der Waals surface area contributed by atoms with Gasteiger partial charge in [-0.15, -0.1) is 16.6 Å². The molecule has 0 aliphatic heterocycles. The summed E-state index contributed by atoms with van der Waals surface area (Å²) in [6.45, 7) is 1.96. The Kier molecular flexibility index (Phi) is 4.35. The van der Waals surface area contributed by atoms with Crippen LogP contribution in [0.3, 0.4) is 0 Å². The summed E-state index contributed by atoms with van der Waals surface area (Å²) in [5.74, 6) is 2.61. The van der Waals surface area contributed by atoms with Crippen molar-refractivity contribution in [1.82, 2.24) is 20.5 Å². The van der Waals surface area contributed by atoms with Gasteiger partial charge >= 0.3 is 0 Å². The molecule has 0 aliphatic carbocycles. The van der Waals surface area contributed by atoms with E-state index in [0.717, 1.165) is 16.5 Å². The molecule has 0 saturated carbocycles. The van der Waals surface area contributed by atoms with Crippen molar-refractivity contribution in [2.45, 2.75) is 17.4 Å². The summed E-state index contributed by atoms with van der Waals surface area (Å²) in [6, 6.07) is 7.86. The van der Waals surface area contributed by atoms with Crippen LogP contribution in [0.4, 0.5) is 0 Å². The number of aromatic nitrogens is 3. The van der Waals surface area contributed by atoms with Crippen molar-refractivity contribution >= 4 is 28.6 Å². The quantitative estimate of drug-likeness (QED) is 0.556. The number of para-hydroxylation sites is 1. The molecule has 116 valence electrons. The van der Waals surface area contributed by atoms with Gasteiger partial charge in [-0.2, -0.15) is 0 Å². The van der Waals surface area contributed by atoms with Gasteiger partial charge in [0, 0.05) is 17.1 Å². The third kappa shape index (κ3) is 3.22. The van der Waals surface area contributed by atoms with Gasteiger partial charge in [-0.3, -0.25) is 4.79 Å². The van der Waals surface area contributed by atoms with E-state index in [1.807, 2.05) is 30.5 Å². The summed E-state index contributed by atoms with van der Waals surface area (Å²) in [4.78, 5) is 15.0. The molecule has 6 nitrogen and oxygen atoms in total. The van der Waals surface area contributed by atoms with Crippen LogP contribution in [0.25, 0.3) is 22.4 Å². The molecule has 1 atom stereocenters. The number of amides is 1. The second-order valence-electron chi connectivity index (χ2n) is 4.80. The molecule has 1 aromatic carbocycles. The average molecular weight is 326 g/mol. The van der Waals surface area contributed by atoms with Crippen molar-refractivity contribution in [2.75, 3.05) is 6.54 Å².